The number of allylic oxidation sites excluding steroid dienone is 1. The molecule has 1 saturated heterocycles. The predicted octanol–water partition coefficient (Wildman–Crippen LogP) is 2.30. The van der Waals surface area contributed by atoms with Crippen LogP contribution in [-0.4, -0.2) is 24.2 Å². The molecular weight excluding hydrogens is 302 g/mol. The molecule has 1 aromatic carbocycles. The van der Waals surface area contributed by atoms with Crippen molar-refractivity contribution in [3.05, 3.63) is 40.6 Å². The number of ketones is 1. The molecule has 1 aliphatic heterocycles. The van der Waals surface area contributed by atoms with Crippen LogP contribution < -0.4 is 16.2 Å². The zero-order valence-electron chi connectivity index (χ0n) is 12.9. The molecule has 0 spiro atoms. The highest BCUT2D eigenvalue weighted by Crippen LogP contribution is 2.32. The Morgan fingerprint density at radius 2 is 2.18 bits per heavy atom. The van der Waals surface area contributed by atoms with E-state index in [-0.39, 0.29) is 0 Å². The van der Waals surface area contributed by atoms with Crippen molar-refractivity contribution in [2.24, 2.45) is 5.92 Å². The summed E-state index contributed by atoms with van der Waals surface area (Å²) in [5.74, 6) is -0.868. The van der Waals surface area contributed by atoms with Gasteiger partial charge in [0.2, 0.25) is 5.78 Å². The van der Waals surface area contributed by atoms with Gasteiger partial charge >= 0.3 is 0 Å². The Morgan fingerprint density at radius 3 is 2.82 bits per heavy atom. The number of halogens is 1. The van der Waals surface area contributed by atoms with E-state index in [0.29, 0.717) is 17.9 Å². The number of hydrogen-bond acceptors (Lipinski definition) is 5. The van der Waals surface area contributed by atoms with Crippen molar-refractivity contribution in [2.75, 3.05) is 12.0 Å². The number of nitrogens with one attached hydrogen (secondary N) is 3. The fourth-order valence-corrected chi connectivity index (χ4v) is 2.91. The number of hydrazine groups is 1. The highest BCUT2D eigenvalue weighted by Gasteiger charge is 2.43. The Hall–Kier alpha value is -1.85. The molecule has 1 atom stereocenters. The van der Waals surface area contributed by atoms with Crippen LogP contribution in [0.5, 0.6) is 0 Å². The first kappa shape index (κ1) is 16.5. The van der Waals surface area contributed by atoms with Crippen molar-refractivity contribution in [2.45, 2.75) is 26.3 Å². The van der Waals surface area contributed by atoms with Crippen LogP contribution in [0.4, 0.5) is 5.69 Å². The minimum atomic E-state index is -0.460. The maximum atomic E-state index is 12.0. The number of Topliss-reactive ketones (excluding diaryl/α,β-unsaturated/α-hetero) is 1. The first-order chi connectivity index (χ1) is 10.3. The quantitative estimate of drug-likeness (QED) is 0.441. The third-order valence-corrected chi connectivity index (χ3v) is 4.14. The summed E-state index contributed by atoms with van der Waals surface area (Å²) < 4.78 is 0. The second-order valence-corrected chi connectivity index (χ2v) is 6.38. The van der Waals surface area contributed by atoms with Gasteiger partial charge in [0.1, 0.15) is 0 Å². The molecule has 2 rings (SSSR count). The van der Waals surface area contributed by atoms with Crippen LogP contribution in [-0.2, 0) is 9.59 Å². The highest BCUT2D eigenvalue weighted by molar-refractivity contribution is 6.30. The number of carbonyl (C=O) groups excluding carboxylic acids is 2. The van der Waals surface area contributed by atoms with Gasteiger partial charge in [0.25, 0.3) is 0 Å². The number of hydrogen-bond donors (Lipinski definition) is 3. The molecule has 0 amide bonds. The number of anilines is 1. The SMILES string of the molecule is CC(NNc1cccc(Cl)c1)=C1CNC(C)(C)C1C(=O)C=O. The maximum Gasteiger partial charge on any atom is 0.204 e. The normalized spacial score (nSPS) is 22.1. The average Bonchev–Trinajstić information content (AvgIpc) is 2.79. The topological polar surface area (TPSA) is 70.2 Å². The molecule has 1 aliphatic rings. The molecule has 1 fully saturated rings. The maximum absolute atomic E-state index is 12.0. The highest BCUT2D eigenvalue weighted by atomic mass is 35.5. The zero-order valence-corrected chi connectivity index (χ0v) is 13.6. The summed E-state index contributed by atoms with van der Waals surface area (Å²) in [6, 6.07) is 7.30. The van der Waals surface area contributed by atoms with Crippen molar-refractivity contribution >= 4 is 29.4 Å². The summed E-state index contributed by atoms with van der Waals surface area (Å²) in [4.78, 5) is 22.9. The molecule has 0 aliphatic carbocycles. The molecule has 0 saturated carbocycles. The summed E-state index contributed by atoms with van der Waals surface area (Å²) >= 11 is 5.93. The molecule has 3 N–H and O–H groups in total. The lowest BCUT2D eigenvalue weighted by Gasteiger charge is -2.25. The van der Waals surface area contributed by atoms with Gasteiger partial charge in [-0.25, -0.2) is 0 Å². The number of carbonyl (C=O) groups is 2. The fourth-order valence-electron chi connectivity index (χ4n) is 2.72. The van der Waals surface area contributed by atoms with Crippen molar-refractivity contribution in [1.29, 1.82) is 0 Å². The van der Waals surface area contributed by atoms with E-state index >= 15 is 0 Å². The minimum Gasteiger partial charge on any atom is -0.307 e. The van der Waals surface area contributed by atoms with Gasteiger partial charge in [-0.2, -0.15) is 0 Å². The molecule has 22 heavy (non-hydrogen) atoms. The molecule has 5 nitrogen and oxygen atoms in total. The lowest BCUT2D eigenvalue weighted by atomic mass is 9.82. The first-order valence-corrected chi connectivity index (χ1v) is 7.44. The third-order valence-electron chi connectivity index (χ3n) is 3.91. The molecule has 0 aromatic heterocycles. The van der Waals surface area contributed by atoms with E-state index < -0.39 is 17.2 Å². The van der Waals surface area contributed by atoms with Gasteiger partial charge in [-0.1, -0.05) is 17.7 Å². The second kappa shape index (κ2) is 6.50. The Labute approximate surface area is 135 Å². The number of benzene rings is 1. The molecule has 118 valence electrons. The van der Waals surface area contributed by atoms with Crippen molar-refractivity contribution < 1.29 is 9.59 Å². The van der Waals surface area contributed by atoms with Gasteiger partial charge in [-0.3, -0.25) is 9.59 Å². The van der Waals surface area contributed by atoms with Crippen LogP contribution in [0, 0.1) is 5.92 Å². The summed E-state index contributed by atoms with van der Waals surface area (Å²) in [6.07, 6.45) is 0.400. The van der Waals surface area contributed by atoms with E-state index in [9.17, 15) is 9.59 Å². The van der Waals surface area contributed by atoms with E-state index in [0.717, 1.165) is 17.0 Å². The van der Waals surface area contributed by atoms with Gasteiger partial charge in [0.05, 0.1) is 11.6 Å². The molecule has 0 bridgehead atoms. The molecule has 0 radical (unpaired) electrons. The van der Waals surface area contributed by atoms with Crippen LogP contribution in [0.25, 0.3) is 0 Å². The van der Waals surface area contributed by atoms with E-state index in [1.165, 1.54) is 0 Å². The van der Waals surface area contributed by atoms with E-state index in [4.69, 9.17) is 11.6 Å². The van der Waals surface area contributed by atoms with Crippen LogP contribution in [0.3, 0.4) is 0 Å². The monoisotopic (exact) mass is 321 g/mol. The Bertz CT molecular complexity index is 626. The van der Waals surface area contributed by atoms with E-state index in [1.54, 1.807) is 12.1 Å². The minimum absolute atomic E-state index is 0.400. The van der Waals surface area contributed by atoms with Gasteiger partial charge in [-0.05, 0) is 44.5 Å². The summed E-state index contributed by atoms with van der Waals surface area (Å²) in [5, 5.41) is 3.91. The third kappa shape index (κ3) is 3.48. The Balaban J connectivity index is 2.17. The van der Waals surface area contributed by atoms with Gasteiger partial charge < -0.3 is 16.2 Å². The Morgan fingerprint density at radius 1 is 1.45 bits per heavy atom. The van der Waals surface area contributed by atoms with Crippen molar-refractivity contribution in [1.82, 2.24) is 10.7 Å². The standard InChI is InChI=1S/C16H20ClN3O2/c1-10(19-20-12-6-4-5-11(17)7-12)13-8-18-16(2,3)15(13)14(22)9-21/h4-7,9,15,18-20H,8H2,1-3H3. The number of aldehydes is 1. The second-order valence-electron chi connectivity index (χ2n) is 5.94. The number of rotatable bonds is 5. The molecular formula is C16H20ClN3O2. The van der Waals surface area contributed by atoms with Gasteiger partial charge in [-0.15, -0.1) is 0 Å². The Kier molecular flexibility index (Phi) is 4.88. The zero-order chi connectivity index (χ0) is 16.3. The molecule has 1 heterocycles. The molecule has 6 heteroatoms. The van der Waals surface area contributed by atoms with Gasteiger partial charge in [0, 0.05) is 22.8 Å². The van der Waals surface area contributed by atoms with Crippen LogP contribution >= 0.6 is 11.6 Å². The lowest BCUT2D eigenvalue weighted by Crippen LogP contribution is -2.42. The van der Waals surface area contributed by atoms with Crippen LogP contribution in [0.1, 0.15) is 20.8 Å². The van der Waals surface area contributed by atoms with Gasteiger partial charge in [0.15, 0.2) is 6.29 Å². The van der Waals surface area contributed by atoms with Crippen LogP contribution in [0.2, 0.25) is 5.02 Å². The first-order valence-electron chi connectivity index (χ1n) is 7.06. The van der Waals surface area contributed by atoms with E-state index in [2.05, 4.69) is 16.2 Å². The average molecular weight is 322 g/mol. The lowest BCUT2D eigenvalue weighted by molar-refractivity contribution is -0.132. The smallest absolute Gasteiger partial charge is 0.204 e. The largest absolute Gasteiger partial charge is 0.307 e. The van der Waals surface area contributed by atoms with Crippen molar-refractivity contribution in [3.8, 4) is 0 Å². The van der Waals surface area contributed by atoms with Crippen molar-refractivity contribution in [3.63, 3.8) is 0 Å². The van der Waals surface area contributed by atoms with Crippen LogP contribution in [0.15, 0.2) is 35.5 Å². The summed E-state index contributed by atoms with van der Waals surface area (Å²) in [7, 11) is 0. The fraction of sp³-hybridized carbons (Fsp3) is 0.375. The molecule has 1 unspecified atom stereocenters. The molecule has 1 aromatic rings. The summed E-state index contributed by atoms with van der Waals surface area (Å²) in [6.45, 7) is 6.28. The van der Waals surface area contributed by atoms with E-state index in [1.807, 2.05) is 32.9 Å². The summed E-state index contributed by atoms with van der Waals surface area (Å²) in [5.41, 5.74) is 8.21. The predicted molar refractivity (Wildman–Crippen MR) is 87.6 cm³/mol.